The smallest absolute Gasteiger partial charge is 0.161 e. The fraction of sp³-hybridized carbons (Fsp3) is 0.133. The summed E-state index contributed by atoms with van der Waals surface area (Å²) in [6.07, 6.45) is -1.27. The first kappa shape index (κ1) is 16.1. The van der Waals surface area contributed by atoms with Gasteiger partial charge in [0.2, 0.25) is 0 Å². The van der Waals surface area contributed by atoms with E-state index in [1.165, 1.54) is 0 Å². The van der Waals surface area contributed by atoms with Gasteiger partial charge in [-0.25, -0.2) is 26.3 Å². The van der Waals surface area contributed by atoms with Crippen LogP contribution in [-0.2, 0) is 17.6 Å². The lowest BCUT2D eigenvalue weighted by molar-refractivity contribution is -0.117. The van der Waals surface area contributed by atoms with Gasteiger partial charge in [-0.3, -0.25) is 4.79 Å². The van der Waals surface area contributed by atoms with Crippen molar-refractivity contribution in [2.75, 3.05) is 0 Å². The number of halogens is 6. The van der Waals surface area contributed by atoms with Gasteiger partial charge in [0.05, 0.1) is 0 Å². The Morgan fingerprint density at radius 3 is 1.27 bits per heavy atom. The van der Waals surface area contributed by atoms with Crippen molar-refractivity contribution in [3.8, 4) is 0 Å². The summed E-state index contributed by atoms with van der Waals surface area (Å²) in [5, 5.41) is 0. The van der Waals surface area contributed by atoms with Gasteiger partial charge < -0.3 is 0 Å². The van der Waals surface area contributed by atoms with Crippen LogP contribution in [0.25, 0.3) is 0 Å². The molecule has 2 aromatic rings. The molecule has 0 saturated heterocycles. The summed E-state index contributed by atoms with van der Waals surface area (Å²) in [6.45, 7) is 0. The zero-order valence-corrected chi connectivity index (χ0v) is 10.9. The van der Waals surface area contributed by atoms with Crippen LogP contribution in [0.15, 0.2) is 24.3 Å². The lowest BCUT2D eigenvalue weighted by Crippen LogP contribution is -2.10. The molecule has 0 bridgehead atoms. The highest BCUT2D eigenvalue weighted by Crippen LogP contribution is 2.18. The monoisotopic (exact) mass is 318 g/mol. The van der Waals surface area contributed by atoms with Gasteiger partial charge in [-0.15, -0.1) is 0 Å². The van der Waals surface area contributed by atoms with Crippen LogP contribution in [0.5, 0.6) is 0 Å². The Balaban J connectivity index is 2.17. The largest absolute Gasteiger partial charge is 0.299 e. The highest BCUT2D eigenvalue weighted by molar-refractivity contribution is 5.83. The van der Waals surface area contributed by atoms with E-state index in [1.54, 1.807) is 0 Å². The summed E-state index contributed by atoms with van der Waals surface area (Å²) in [5.41, 5.74) is -0.821. The van der Waals surface area contributed by atoms with Gasteiger partial charge in [-0.05, 0) is 23.3 Å². The van der Waals surface area contributed by atoms with Gasteiger partial charge in [0.1, 0.15) is 17.4 Å². The maximum absolute atomic E-state index is 13.4. The van der Waals surface area contributed by atoms with E-state index in [9.17, 15) is 31.1 Å². The maximum Gasteiger partial charge on any atom is 0.161 e. The number of Topliss-reactive ketones (excluding diaryl/α,β-unsaturated/α-hetero) is 1. The first-order chi connectivity index (χ1) is 10.3. The number of benzene rings is 2. The molecule has 0 radical (unpaired) electrons. The van der Waals surface area contributed by atoms with Crippen molar-refractivity contribution in [3.63, 3.8) is 0 Å². The topological polar surface area (TPSA) is 17.1 Å². The lowest BCUT2D eigenvalue weighted by atomic mass is 10.0. The number of hydrogen-bond donors (Lipinski definition) is 0. The normalized spacial score (nSPS) is 10.8. The van der Waals surface area contributed by atoms with Crippen LogP contribution in [0, 0.1) is 34.9 Å². The molecule has 0 fully saturated rings. The summed E-state index contributed by atoms with van der Waals surface area (Å²) in [7, 11) is 0. The summed E-state index contributed by atoms with van der Waals surface area (Å²) in [4.78, 5) is 11.7. The average molecular weight is 318 g/mol. The second-order valence-corrected chi connectivity index (χ2v) is 4.61. The molecule has 1 nitrogen and oxygen atoms in total. The third-order valence-corrected chi connectivity index (χ3v) is 2.95. The van der Waals surface area contributed by atoms with E-state index in [2.05, 4.69) is 0 Å². The van der Waals surface area contributed by atoms with Crippen LogP contribution >= 0.6 is 0 Å². The van der Waals surface area contributed by atoms with Crippen LogP contribution in [-0.4, -0.2) is 5.78 Å². The van der Waals surface area contributed by atoms with Crippen LogP contribution in [0.2, 0.25) is 0 Å². The Labute approximate surface area is 121 Å². The number of carbonyl (C=O) groups is 1. The molecule has 22 heavy (non-hydrogen) atoms. The zero-order valence-electron chi connectivity index (χ0n) is 10.9. The molecule has 2 rings (SSSR count). The SMILES string of the molecule is O=C(Cc1cc(F)c(F)cc1F)Cc1cc(F)c(F)cc1F. The molecule has 0 aliphatic rings. The molecule has 0 spiro atoms. The fourth-order valence-corrected chi connectivity index (χ4v) is 1.89. The minimum atomic E-state index is -1.40. The van der Waals surface area contributed by atoms with Crippen LogP contribution in [0.3, 0.4) is 0 Å². The van der Waals surface area contributed by atoms with Crippen molar-refractivity contribution in [1.29, 1.82) is 0 Å². The molecule has 116 valence electrons. The van der Waals surface area contributed by atoms with E-state index in [4.69, 9.17) is 0 Å². The zero-order chi connectivity index (χ0) is 16.4. The average Bonchev–Trinajstić information content (AvgIpc) is 2.42. The molecule has 2 aromatic carbocycles. The summed E-state index contributed by atoms with van der Waals surface area (Å²) in [5.74, 6) is -8.49. The molecular weight excluding hydrogens is 310 g/mol. The van der Waals surface area contributed by atoms with Gasteiger partial charge in [0, 0.05) is 25.0 Å². The molecule has 0 N–H and O–H groups in total. The highest BCUT2D eigenvalue weighted by atomic mass is 19.2. The highest BCUT2D eigenvalue weighted by Gasteiger charge is 2.16. The van der Waals surface area contributed by atoms with Crippen molar-refractivity contribution in [2.45, 2.75) is 12.8 Å². The Morgan fingerprint density at radius 2 is 0.909 bits per heavy atom. The van der Waals surface area contributed by atoms with Crippen LogP contribution < -0.4 is 0 Å². The minimum absolute atomic E-state index is 0.288. The van der Waals surface area contributed by atoms with Crippen molar-refractivity contribution in [3.05, 3.63) is 70.3 Å². The summed E-state index contributed by atoms with van der Waals surface area (Å²) >= 11 is 0. The van der Waals surface area contributed by atoms with E-state index in [0.29, 0.717) is 12.1 Å². The van der Waals surface area contributed by atoms with Crippen LogP contribution in [0.1, 0.15) is 11.1 Å². The number of rotatable bonds is 4. The van der Waals surface area contributed by atoms with Crippen molar-refractivity contribution in [1.82, 2.24) is 0 Å². The van der Waals surface area contributed by atoms with Gasteiger partial charge >= 0.3 is 0 Å². The first-order valence-electron chi connectivity index (χ1n) is 6.06. The third kappa shape index (κ3) is 3.47. The second-order valence-electron chi connectivity index (χ2n) is 4.61. The van der Waals surface area contributed by atoms with Gasteiger partial charge in [0.15, 0.2) is 23.3 Å². The van der Waals surface area contributed by atoms with E-state index in [-0.39, 0.29) is 12.1 Å². The molecule has 0 aliphatic carbocycles. The van der Waals surface area contributed by atoms with Gasteiger partial charge in [-0.1, -0.05) is 0 Å². The Morgan fingerprint density at radius 1 is 0.591 bits per heavy atom. The molecule has 0 amide bonds. The van der Waals surface area contributed by atoms with E-state index in [0.717, 1.165) is 0 Å². The number of hydrogen-bond acceptors (Lipinski definition) is 1. The molecule has 0 atom stereocenters. The van der Waals surface area contributed by atoms with Gasteiger partial charge in [-0.2, -0.15) is 0 Å². The number of ketones is 1. The standard InChI is InChI=1S/C15H8F6O/c16-10-5-14(20)12(18)3-7(10)1-9(22)2-8-4-13(19)15(21)6-11(8)17/h3-6H,1-2H2. The van der Waals surface area contributed by atoms with Crippen molar-refractivity contribution >= 4 is 5.78 Å². The van der Waals surface area contributed by atoms with E-state index in [1.807, 2.05) is 0 Å². The van der Waals surface area contributed by atoms with Crippen molar-refractivity contribution < 1.29 is 31.1 Å². The summed E-state index contributed by atoms with van der Waals surface area (Å²) < 4.78 is 78.3. The third-order valence-electron chi connectivity index (χ3n) is 2.95. The Bertz CT molecular complexity index is 680. The lowest BCUT2D eigenvalue weighted by Gasteiger charge is -2.06. The number of carbonyl (C=O) groups excluding carboxylic acids is 1. The molecule has 0 aliphatic heterocycles. The van der Waals surface area contributed by atoms with Crippen LogP contribution in [0.4, 0.5) is 26.3 Å². The fourth-order valence-electron chi connectivity index (χ4n) is 1.89. The molecule has 0 unspecified atom stereocenters. The molecule has 7 heteroatoms. The first-order valence-corrected chi connectivity index (χ1v) is 6.06. The predicted octanol–water partition coefficient (Wildman–Crippen LogP) is 3.88. The quantitative estimate of drug-likeness (QED) is 0.618. The second kappa shape index (κ2) is 6.21. The Kier molecular flexibility index (Phi) is 4.54. The van der Waals surface area contributed by atoms with Crippen molar-refractivity contribution in [2.24, 2.45) is 0 Å². The Hall–Kier alpha value is -2.31. The molecule has 0 aromatic heterocycles. The predicted molar refractivity (Wildman–Crippen MR) is 65.0 cm³/mol. The molecule has 0 saturated carbocycles. The van der Waals surface area contributed by atoms with E-state index >= 15 is 0 Å². The maximum atomic E-state index is 13.4. The molecule has 0 heterocycles. The van der Waals surface area contributed by atoms with Gasteiger partial charge in [0.25, 0.3) is 0 Å². The molecular formula is C15H8F6O. The summed E-state index contributed by atoms with van der Waals surface area (Å²) in [6, 6.07) is 1.61. The minimum Gasteiger partial charge on any atom is -0.299 e. The van der Waals surface area contributed by atoms with E-state index < -0.39 is 64.7 Å².